The quantitative estimate of drug-likeness (QED) is 0.508. The fourth-order valence-electron chi connectivity index (χ4n) is 2.96. The number of benzene rings is 2. The predicted octanol–water partition coefficient (Wildman–Crippen LogP) is 5.48. The van der Waals surface area contributed by atoms with Gasteiger partial charge in [-0.05, 0) is 51.0 Å². The van der Waals surface area contributed by atoms with E-state index in [-0.39, 0.29) is 10.6 Å². The van der Waals surface area contributed by atoms with Gasteiger partial charge in [-0.1, -0.05) is 64.3 Å². The molecule has 0 amide bonds. The molecule has 0 bridgehead atoms. The molecule has 6 heteroatoms. The standard InChI is InChI=1S/C12H27N.C10H8O4S/c1-4-7-10-13(11-8-5-2)12-9-6-3;11-9-5-6-10(15(12,13)14)8-4-2-1-3-7(8)9/h4-12H2,1-3H3;1-6,11H,(H,12,13,14). The van der Waals surface area contributed by atoms with Gasteiger partial charge < -0.3 is 10.0 Å². The summed E-state index contributed by atoms with van der Waals surface area (Å²) >= 11 is 0. The van der Waals surface area contributed by atoms with Gasteiger partial charge in [0.1, 0.15) is 10.6 Å². The molecular formula is C22H35NO4S. The minimum absolute atomic E-state index is 0.0157. The van der Waals surface area contributed by atoms with Crippen molar-refractivity contribution < 1.29 is 18.1 Å². The van der Waals surface area contributed by atoms with E-state index in [9.17, 15) is 13.5 Å². The van der Waals surface area contributed by atoms with Gasteiger partial charge in [0, 0.05) is 10.8 Å². The Balaban J connectivity index is 0.000000284. The first kappa shape index (κ1) is 24.4. The number of phenolic OH excluding ortho intramolecular Hbond substituents is 1. The van der Waals surface area contributed by atoms with Crippen LogP contribution in [0.3, 0.4) is 0 Å². The van der Waals surface area contributed by atoms with Gasteiger partial charge in [0.05, 0.1) is 0 Å². The Morgan fingerprint density at radius 2 is 1.25 bits per heavy atom. The zero-order valence-corrected chi connectivity index (χ0v) is 18.2. The summed E-state index contributed by atoms with van der Waals surface area (Å²) in [7, 11) is -4.26. The van der Waals surface area contributed by atoms with Crippen molar-refractivity contribution in [3.05, 3.63) is 36.4 Å². The number of phenols is 1. The smallest absolute Gasteiger partial charge is 0.295 e. The van der Waals surface area contributed by atoms with Gasteiger partial charge in [-0.3, -0.25) is 4.55 Å². The van der Waals surface area contributed by atoms with Crippen LogP contribution < -0.4 is 0 Å². The Labute approximate surface area is 170 Å². The second kappa shape index (κ2) is 12.8. The van der Waals surface area contributed by atoms with Gasteiger partial charge in [0.25, 0.3) is 10.1 Å². The van der Waals surface area contributed by atoms with Crippen LogP contribution in [0.5, 0.6) is 5.75 Å². The lowest BCUT2D eigenvalue weighted by Gasteiger charge is -2.21. The molecule has 2 aromatic carbocycles. The van der Waals surface area contributed by atoms with E-state index in [1.54, 1.807) is 18.2 Å². The maximum atomic E-state index is 11.0. The molecule has 2 rings (SSSR count). The molecule has 0 spiro atoms. The van der Waals surface area contributed by atoms with Crippen molar-refractivity contribution in [2.75, 3.05) is 19.6 Å². The van der Waals surface area contributed by atoms with E-state index >= 15 is 0 Å². The number of unbranched alkanes of at least 4 members (excludes halogenated alkanes) is 3. The van der Waals surface area contributed by atoms with E-state index in [0.717, 1.165) is 0 Å². The number of fused-ring (bicyclic) bond motifs is 1. The molecule has 0 aliphatic rings. The lowest BCUT2D eigenvalue weighted by molar-refractivity contribution is 0.261. The molecule has 0 aliphatic carbocycles. The monoisotopic (exact) mass is 409 g/mol. The Morgan fingerprint density at radius 3 is 1.68 bits per heavy atom. The minimum Gasteiger partial charge on any atom is -0.507 e. The Morgan fingerprint density at radius 1 is 0.786 bits per heavy atom. The number of rotatable bonds is 10. The Bertz CT molecular complexity index is 786. The van der Waals surface area contributed by atoms with Gasteiger partial charge in [-0.25, -0.2) is 0 Å². The van der Waals surface area contributed by atoms with E-state index in [4.69, 9.17) is 4.55 Å². The zero-order valence-electron chi connectivity index (χ0n) is 17.4. The van der Waals surface area contributed by atoms with Gasteiger partial charge in [-0.15, -0.1) is 0 Å². The summed E-state index contributed by atoms with van der Waals surface area (Å²) < 4.78 is 31.0. The first-order chi connectivity index (χ1) is 13.3. The van der Waals surface area contributed by atoms with Gasteiger partial charge in [0.15, 0.2) is 0 Å². The molecule has 0 heterocycles. The summed E-state index contributed by atoms with van der Waals surface area (Å²) in [5.74, 6) is -0.0157. The summed E-state index contributed by atoms with van der Waals surface area (Å²) in [6.45, 7) is 10.8. The van der Waals surface area contributed by atoms with Crippen molar-refractivity contribution in [1.29, 1.82) is 0 Å². The fourth-order valence-corrected chi connectivity index (χ4v) is 3.66. The zero-order chi connectivity index (χ0) is 21.0. The van der Waals surface area contributed by atoms with Crippen LogP contribution in [-0.4, -0.2) is 42.6 Å². The molecular weight excluding hydrogens is 374 g/mol. The normalized spacial score (nSPS) is 11.5. The van der Waals surface area contributed by atoms with Crippen LogP contribution in [0.4, 0.5) is 0 Å². The molecule has 0 aromatic heterocycles. The molecule has 2 N–H and O–H groups in total. The third kappa shape index (κ3) is 8.17. The topological polar surface area (TPSA) is 77.8 Å². The molecule has 5 nitrogen and oxygen atoms in total. The van der Waals surface area contributed by atoms with E-state index in [1.807, 2.05) is 0 Å². The highest BCUT2D eigenvalue weighted by atomic mass is 32.2. The lowest BCUT2D eigenvalue weighted by atomic mass is 10.1. The van der Waals surface area contributed by atoms with Gasteiger partial charge in [0.2, 0.25) is 0 Å². The maximum Gasteiger partial charge on any atom is 0.295 e. The average Bonchev–Trinajstić information content (AvgIpc) is 2.67. The molecule has 0 fully saturated rings. The van der Waals surface area contributed by atoms with Crippen LogP contribution in [0.15, 0.2) is 41.3 Å². The molecule has 2 aromatic rings. The number of hydrogen-bond donors (Lipinski definition) is 2. The van der Waals surface area contributed by atoms with Crippen molar-refractivity contribution in [3.63, 3.8) is 0 Å². The van der Waals surface area contributed by atoms with Gasteiger partial charge in [-0.2, -0.15) is 8.42 Å². The van der Waals surface area contributed by atoms with E-state index in [0.29, 0.717) is 10.8 Å². The van der Waals surface area contributed by atoms with Crippen molar-refractivity contribution in [2.24, 2.45) is 0 Å². The van der Waals surface area contributed by atoms with Crippen molar-refractivity contribution in [2.45, 2.75) is 64.2 Å². The van der Waals surface area contributed by atoms with E-state index < -0.39 is 10.1 Å². The third-order valence-electron chi connectivity index (χ3n) is 4.62. The van der Waals surface area contributed by atoms with Crippen LogP contribution in [-0.2, 0) is 10.1 Å². The van der Waals surface area contributed by atoms with Crippen LogP contribution in [0.1, 0.15) is 59.3 Å². The van der Waals surface area contributed by atoms with E-state index in [2.05, 4.69) is 25.7 Å². The summed E-state index contributed by atoms with van der Waals surface area (Å²) in [6, 6.07) is 8.84. The summed E-state index contributed by atoms with van der Waals surface area (Å²) in [4.78, 5) is 2.44. The predicted molar refractivity (Wildman–Crippen MR) is 117 cm³/mol. The molecule has 0 saturated carbocycles. The molecule has 0 atom stereocenters. The molecule has 158 valence electrons. The second-order valence-electron chi connectivity index (χ2n) is 7.01. The first-order valence-electron chi connectivity index (χ1n) is 10.3. The number of nitrogens with zero attached hydrogens (tertiary/aromatic N) is 1. The largest absolute Gasteiger partial charge is 0.507 e. The average molecular weight is 410 g/mol. The summed E-state index contributed by atoms with van der Waals surface area (Å²) in [6.07, 6.45) is 8.09. The van der Waals surface area contributed by atoms with Crippen molar-refractivity contribution in [3.8, 4) is 5.75 Å². The van der Waals surface area contributed by atoms with Crippen LogP contribution in [0.25, 0.3) is 10.8 Å². The molecule has 0 saturated heterocycles. The SMILES string of the molecule is CCCCN(CCCC)CCCC.O=S(=O)(O)c1ccc(O)c2ccccc12. The summed E-state index contributed by atoms with van der Waals surface area (Å²) in [5, 5.41) is 10.2. The fraction of sp³-hybridized carbons (Fsp3) is 0.545. The minimum atomic E-state index is -4.26. The first-order valence-corrected chi connectivity index (χ1v) is 11.7. The van der Waals surface area contributed by atoms with Crippen LogP contribution >= 0.6 is 0 Å². The third-order valence-corrected chi connectivity index (χ3v) is 5.53. The Kier molecular flexibility index (Phi) is 11.1. The lowest BCUT2D eigenvalue weighted by Crippen LogP contribution is -2.27. The van der Waals surface area contributed by atoms with Crippen LogP contribution in [0, 0.1) is 0 Å². The summed E-state index contributed by atoms with van der Waals surface area (Å²) in [5.41, 5.74) is 0. The van der Waals surface area contributed by atoms with Crippen molar-refractivity contribution >= 4 is 20.9 Å². The molecule has 0 aliphatic heterocycles. The molecule has 0 radical (unpaired) electrons. The Hall–Kier alpha value is -1.63. The highest BCUT2D eigenvalue weighted by Crippen LogP contribution is 2.29. The molecule has 0 unspecified atom stereocenters. The number of hydrogen-bond acceptors (Lipinski definition) is 4. The second-order valence-corrected chi connectivity index (χ2v) is 8.40. The van der Waals surface area contributed by atoms with Gasteiger partial charge >= 0.3 is 0 Å². The van der Waals surface area contributed by atoms with Crippen molar-refractivity contribution in [1.82, 2.24) is 4.90 Å². The highest BCUT2D eigenvalue weighted by Gasteiger charge is 2.14. The maximum absolute atomic E-state index is 11.0. The van der Waals surface area contributed by atoms with Crippen LogP contribution in [0.2, 0.25) is 0 Å². The van der Waals surface area contributed by atoms with E-state index in [1.165, 1.54) is 76.4 Å². The molecule has 28 heavy (non-hydrogen) atoms. The number of aromatic hydroxyl groups is 1. The highest BCUT2D eigenvalue weighted by molar-refractivity contribution is 7.86.